The van der Waals surface area contributed by atoms with Crippen molar-refractivity contribution in [2.45, 2.75) is 19.8 Å². The van der Waals surface area contributed by atoms with Crippen LogP contribution in [0.25, 0.3) is 0 Å². The number of ketones is 1. The smallest absolute Gasteiger partial charge is 0.159 e. The van der Waals surface area contributed by atoms with Crippen LogP contribution in [0.3, 0.4) is 0 Å². The Morgan fingerprint density at radius 3 is 2.38 bits per heavy atom. The molecule has 0 spiro atoms. The van der Waals surface area contributed by atoms with Gasteiger partial charge in [-0.15, -0.1) is 0 Å². The molecule has 2 heteroatoms. The molecule has 82 valence electrons. The number of hydrogen-bond donors (Lipinski definition) is 0. The van der Waals surface area contributed by atoms with Crippen LogP contribution in [-0.2, 0) is 4.79 Å². The molecule has 0 aliphatic heterocycles. The van der Waals surface area contributed by atoms with Crippen LogP contribution < -0.4 is 0 Å². The van der Waals surface area contributed by atoms with Crippen LogP contribution in [0.2, 0.25) is 5.02 Å². The van der Waals surface area contributed by atoms with Crippen molar-refractivity contribution in [1.82, 2.24) is 0 Å². The molecule has 0 aromatic heterocycles. The van der Waals surface area contributed by atoms with E-state index in [0.29, 0.717) is 0 Å². The molecule has 1 atom stereocenters. The highest BCUT2D eigenvalue weighted by Gasteiger charge is 2.20. The van der Waals surface area contributed by atoms with Gasteiger partial charge in [-0.2, -0.15) is 0 Å². The number of halogens is 1. The second-order valence-corrected chi connectivity index (χ2v) is 4.48. The average molecular weight is 233 g/mol. The lowest BCUT2D eigenvalue weighted by atomic mass is 9.93. The van der Waals surface area contributed by atoms with E-state index in [1.807, 2.05) is 37.3 Å². The minimum atomic E-state index is 0.130. The Morgan fingerprint density at radius 1 is 1.25 bits per heavy atom. The molecule has 0 saturated heterocycles. The van der Waals surface area contributed by atoms with Crippen molar-refractivity contribution in [2.24, 2.45) is 0 Å². The molecule has 0 amide bonds. The number of rotatable bonds is 2. The molecule has 1 nitrogen and oxygen atoms in total. The van der Waals surface area contributed by atoms with Gasteiger partial charge in [0.25, 0.3) is 0 Å². The Bertz CT molecular complexity index is 480. The molecular weight excluding hydrogens is 220 g/mol. The Balaban J connectivity index is 2.35. The molecule has 0 saturated carbocycles. The molecule has 1 aliphatic carbocycles. The molecule has 0 bridgehead atoms. The first-order chi connectivity index (χ1) is 7.59. The molecule has 0 heterocycles. The highest BCUT2D eigenvalue weighted by atomic mass is 35.5. The summed E-state index contributed by atoms with van der Waals surface area (Å²) in [6.45, 7) is 3.61. The maximum Gasteiger partial charge on any atom is 0.159 e. The molecule has 1 unspecified atom stereocenters. The number of allylic oxidation sites excluding steroid dienone is 4. The van der Waals surface area contributed by atoms with E-state index in [2.05, 4.69) is 6.08 Å². The van der Waals surface area contributed by atoms with Crippen LogP contribution in [0, 0.1) is 0 Å². The fourth-order valence-corrected chi connectivity index (χ4v) is 2.19. The summed E-state index contributed by atoms with van der Waals surface area (Å²) in [7, 11) is 0. The maximum atomic E-state index is 11.4. The number of benzene rings is 1. The van der Waals surface area contributed by atoms with Crippen LogP contribution in [0.5, 0.6) is 0 Å². The maximum absolute atomic E-state index is 11.4. The van der Waals surface area contributed by atoms with E-state index in [-0.39, 0.29) is 11.7 Å². The van der Waals surface area contributed by atoms with Crippen LogP contribution in [0.4, 0.5) is 0 Å². The first-order valence-electron chi connectivity index (χ1n) is 5.25. The van der Waals surface area contributed by atoms with Crippen molar-refractivity contribution < 1.29 is 4.79 Å². The van der Waals surface area contributed by atoms with Crippen LogP contribution in [-0.4, -0.2) is 5.78 Å². The molecule has 0 N–H and O–H groups in total. The van der Waals surface area contributed by atoms with E-state index >= 15 is 0 Å². The average Bonchev–Trinajstić information content (AvgIpc) is 2.61. The Morgan fingerprint density at radius 2 is 1.88 bits per heavy atom. The fourth-order valence-electron chi connectivity index (χ4n) is 2.06. The van der Waals surface area contributed by atoms with Crippen LogP contribution in [0.15, 0.2) is 47.6 Å². The first-order valence-corrected chi connectivity index (χ1v) is 5.63. The third kappa shape index (κ3) is 1.96. The van der Waals surface area contributed by atoms with Crippen molar-refractivity contribution in [3.05, 3.63) is 58.1 Å². The lowest BCUT2D eigenvalue weighted by molar-refractivity contribution is -0.113. The Labute approximate surface area is 100 Å². The van der Waals surface area contributed by atoms with Crippen molar-refractivity contribution in [3.63, 3.8) is 0 Å². The van der Waals surface area contributed by atoms with E-state index in [4.69, 9.17) is 11.6 Å². The predicted molar refractivity (Wildman–Crippen MR) is 66.7 cm³/mol. The van der Waals surface area contributed by atoms with E-state index < -0.39 is 0 Å². The lowest BCUT2D eigenvalue weighted by Gasteiger charge is -2.11. The summed E-state index contributed by atoms with van der Waals surface area (Å²) >= 11 is 5.85. The van der Waals surface area contributed by atoms with E-state index in [1.54, 1.807) is 6.92 Å². The zero-order valence-electron chi connectivity index (χ0n) is 9.33. The van der Waals surface area contributed by atoms with Gasteiger partial charge in [-0.3, -0.25) is 4.79 Å². The minimum Gasteiger partial charge on any atom is -0.295 e. The number of carbonyl (C=O) groups excluding carboxylic acids is 1. The molecule has 0 fully saturated rings. The van der Waals surface area contributed by atoms with Gasteiger partial charge in [0.1, 0.15) is 0 Å². The highest BCUT2D eigenvalue weighted by molar-refractivity contribution is 6.30. The van der Waals surface area contributed by atoms with E-state index in [0.717, 1.165) is 16.2 Å². The summed E-state index contributed by atoms with van der Waals surface area (Å²) in [4.78, 5) is 11.4. The Kier molecular flexibility index (Phi) is 2.97. The Hall–Kier alpha value is -1.34. The summed E-state index contributed by atoms with van der Waals surface area (Å²) in [6, 6.07) is 7.77. The van der Waals surface area contributed by atoms with Gasteiger partial charge in [0.05, 0.1) is 0 Å². The predicted octanol–water partition coefficient (Wildman–Crippen LogP) is 3.90. The zero-order valence-corrected chi connectivity index (χ0v) is 10.1. The van der Waals surface area contributed by atoms with Gasteiger partial charge < -0.3 is 0 Å². The van der Waals surface area contributed by atoms with Gasteiger partial charge in [-0.05, 0) is 31.5 Å². The number of Topliss-reactive ketones (excluding diaryl/α,β-unsaturated/α-hetero) is 1. The monoisotopic (exact) mass is 232 g/mol. The molecule has 1 aromatic rings. The summed E-state index contributed by atoms with van der Waals surface area (Å²) in [6.07, 6.45) is 3.98. The number of hydrogen-bond acceptors (Lipinski definition) is 1. The molecule has 0 radical (unpaired) electrons. The summed E-state index contributed by atoms with van der Waals surface area (Å²) in [5.41, 5.74) is 3.13. The van der Waals surface area contributed by atoms with Gasteiger partial charge in [0, 0.05) is 16.5 Å². The molecular formula is C14H13ClO. The zero-order chi connectivity index (χ0) is 11.7. The van der Waals surface area contributed by atoms with Crippen molar-refractivity contribution in [2.75, 3.05) is 0 Å². The normalized spacial score (nSPS) is 19.3. The van der Waals surface area contributed by atoms with Gasteiger partial charge in [0.15, 0.2) is 5.78 Å². The standard InChI is InChI=1S/C14H13ClO/c1-9-13(10(2)16)7-8-14(9)11-3-5-12(15)6-4-11/h3-8,14H,1-2H3. The van der Waals surface area contributed by atoms with Crippen molar-refractivity contribution >= 4 is 17.4 Å². The SMILES string of the molecule is CC(=O)C1=C(C)C(c2ccc(Cl)cc2)C=C1. The topological polar surface area (TPSA) is 17.1 Å². The van der Waals surface area contributed by atoms with E-state index in [9.17, 15) is 4.79 Å². The molecule has 1 aromatic carbocycles. The first kappa shape index (κ1) is 11.2. The van der Waals surface area contributed by atoms with Gasteiger partial charge in [-0.1, -0.05) is 41.5 Å². The summed E-state index contributed by atoms with van der Waals surface area (Å²) in [5.74, 6) is 0.349. The summed E-state index contributed by atoms with van der Waals surface area (Å²) < 4.78 is 0. The van der Waals surface area contributed by atoms with Gasteiger partial charge >= 0.3 is 0 Å². The van der Waals surface area contributed by atoms with Crippen LogP contribution in [0.1, 0.15) is 25.3 Å². The second kappa shape index (κ2) is 4.26. The van der Waals surface area contributed by atoms with Crippen molar-refractivity contribution in [1.29, 1.82) is 0 Å². The lowest BCUT2D eigenvalue weighted by Crippen LogP contribution is -1.98. The highest BCUT2D eigenvalue weighted by Crippen LogP contribution is 2.34. The summed E-state index contributed by atoms with van der Waals surface area (Å²) in [5, 5.41) is 0.735. The largest absolute Gasteiger partial charge is 0.295 e. The second-order valence-electron chi connectivity index (χ2n) is 4.04. The molecule has 1 aliphatic rings. The van der Waals surface area contributed by atoms with E-state index in [1.165, 1.54) is 5.56 Å². The van der Waals surface area contributed by atoms with Gasteiger partial charge in [-0.25, -0.2) is 0 Å². The number of carbonyl (C=O) groups is 1. The quantitative estimate of drug-likeness (QED) is 0.756. The third-order valence-corrected chi connectivity index (χ3v) is 3.21. The van der Waals surface area contributed by atoms with Gasteiger partial charge in [0.2, 0.25) is 0 Å². The fraction of sp³-hybridized carbons (Fsp3) is 0.214. The molecule has 16 heavy (non-hydrogen) atoms. The molecule has 2 rings (SSSR count). The minimum absolute atomic E-state index is 0.130. The van der Waals surface area contributed by atoms with Crippen molar-refractivity contribution in [3.8, 4) is 0 Å². The van der Waals surface area contributed by atoms with Crippen LogP contribution >= 0.6 is 11.6 Å². The third-order valence-electron chi connectivity index (χ3n) is 2.96.